The van der Waals surface area contributed by atoms with Crippen LogP contribution in [0.3, 0.4) is 0 Å². The molecule has 7 heteroatoms. The third kappa shape index (κ3) is 3.56. The zero-order valence-corrected chi connectivity index (χ0v) is 15.0. The Hall–Kier alpha value is -3.22. The van der Waals surface area contributed by atoms with Crippen molar-refractivity contribution in [1.82, 2.24) is 25.1 Å². The highest BCUT2D eigenvalue weighted by molar-refractivity contribution is 5.95. The van der Waals surface area contributed by atoms with E-state index in [2.05, 4.69) is 20.4 Å². The number of nitrogens with zero attached hydrogens (tertiary/aromatic N) is 4. The van der Waals surface area contributed by atoms with E-state index >= 15 is 0 Å². The number of methoxy groups -OCH3 is 1. The van der Waals surface area contributed by atoms with Gasteiger partial charge in [0.25, 0.3) is 5.91 Å². The van der Waals surface area contributed by atoms with Gasteiger partial charge in [-0.05, 0) is 37.6 Å². The average molecular weight is 351 g/mol. The second kappa shape index (κ2) is 7.77. The Morgan fingerprint density at radius 2 is 2.04 bits per heavy atom. The lowest BCUT2D eigenvalue weighted by atomic mass is 10.0. The number of amides is 1. The molecule has 1 atom stereocenters. The summed E-state index contributed by atoms with van der Waals surface area (Å²) in [5.41, 5.74) is 2.47. The molecule has 1 aromatic carbocycles. The fourth-order valence-corrected chi connectivity index (χ4v) is 2.78. The van der Waals surface area contributed by atoms with Gasteiger partial charge in [0.2, 0.25) is 0 Å². The van der Waals surface area contributed by atoms with Crippen molar-refractivity contribution in [2.75, 3.05) is 7.11 Å². The van der Waals surface area contributed by atoms with Gasteiger partial charge in [0, 0.05) is 23.9 Å². The van der Waals surface area contributed by atoms with Crippen molar-refractivity contribution in [3.63, 3.8) is 0 Å². The Balaban J connectivity index is 1.75. The molecule has 1 amide bonds. The first-order chi connectivity index (χ1) is 12.6. The standard InChI is InChI=1S/C19H21N5O2/c1-4-24-18(21-12-22-24)13(2)23-19(25)15-7-5-14(6-8-15)16-9-10-20-11-17(16)26-3/h5-13H,4H2,1-3H3,(H,23,25). The second-order valence-corrected chi connectivity index (χ2v) is 5.78. The molecule has 2 heterocycles. The zero-order chi connectivity index (χ0) is 18.5. The summed E-state index contributed by atoms with van der Waals surface area (Å²) in [6, 6.07) is 9.03. The Kier molecular flexibility index (Phi) is 5.26. The van der Waals surface area contributed by atoms with E-state index in [0.717, 1.165) is 17.0 Å². The predicted molar refractivity (Wildman–Crippen MR) is 97.8 cm³/mol. The van der Waals surface area contributed by atoms with Crippen molar-refractivity contribution in [3.05, 3.63) is 60.4 Å². The highest BCUT2D eigenvalue weighted by atomic mass is 16.5. The van der Waals surface area contributed by atoms with Crippen LogP contribution in [0.1, 0.15) is 36.1 Å². The summed E-state index contributed by atoms with van der Waals surface area (Å²) in [5, 5.41) is 7.09. The van der Waals surface area contributed by atoms with Gasteiger partial charge in [-0.15, -0.1) is 0 Å². The number of aromatic nitrogens is 4. The predicted octanol–water partition coefficient (Wildman–Crippen LogP) is 2.86. The minimum Gasteiger partial charge on any atom is -0.494 e. The monoisotopic (exact) mass is 351 g/mol. The molecule has 26 heavy (non-hydrogen) atoms. The van der Waals surface area contributed by atoms with Crippen LogP contribution in [0.5, 0.6) is 5.75 Å². The van der Waals surface area contributed by atoms with E-state index in [1.54, 1.807) is 36.3 Å². The summed E-state index contributed by atoms with van der Waals surface area (Å²) in [5.74, 6) is 1.27. The Bertz CT molecular complexity index is 889. The van der Waals surface area contributed by atoms with Crippen LogP contribution in [0.2, 0.25) is 0 Å². The number of hydrogen-bond acceptors (Lipinski definition) is 5. The zero-order valence-electron chi connectivity index (χ0n) is 15.0. The van der Waals surface area contributed by atoms with Crippen molar-refractivity contribution in [2.45, 2.75) is 26.4 Å². The SMILES string of the molecule is CCn1ncnc1C(C)NC(=O)c1ccc(-c2ccncc2OC)cc1. The third-order valence-corrected chi connectivity index (χ3v) is 4.14. The topological polar surface area (TPSA) is 81.9 Å². The van der Waals surface area contributed by atoms with Crippen molar-refractivity contribution in [1.29, 1.82) is 0 Å². The first kappa shape index (κ1) is 17.6. The quantitative estimate of drug-likeness (QED) is 0.738. The summed E-state index contributed by atoms with van der Waals surface area (Å²) in [6.45, 7) is 4.58. The van der Waals surface area contributed by atoms with E-state index < -0.39 is 0 Å². The minimum atomic E-state index is -0.232. The second-order valence-electron chi connectivity index (χ2n) is 5.78. The van der Waals surface area contributed by atoms with Crippen LogP contribution in [0.15, 0.2) is 49.1 Å². The van der Waals surface area contributed by atoms with Gasteiger partial charge >= 0.3 is 0 Å². The minimum absolute atomic E-state index is 0.156. The molecule has 3 aromatic rings. The molecule has 0 aliphatic rings. The molecule has 2 aromatic heterocycles. The lowest BCUT2D eigenvalue weighted by molar-refractivity contribution is 0.0937. The molecule has 7 nitrogen and oxygen atoms in total. The van der Waals surface area contributed by atoms with E-state index in [-0.39, 0.29) is 11.9 Å². The lowest BCUT2D eigenvalue weighted by Crippen LogP contribution is -2.28. The maximum atomic E-state index is 12.5. The van der Waals surface area contributed by atoms with E-state index in [0.29, 0.717) is 17.9 Å². The highest BCUT2D eigenvalue weighted by Crippen LogP contribution is 2.28. The summed E-state index contributed by atoms with van der Waals surface area (Å²) in [4.78, 5) is 20.8. The Labute approximate surface area is 152 Å². The molecule has 1 unspecified atom stereocenters. The van der Waals surface area contributed by atoms with Gasteiger partial charge in [-0.1, -0.05) is 12.1 Å². The number of carbonyl (C=O) groups excluding carboxylic acids is 1. The first-order valence-electron chi connectivity index (χ1n) is 8.41. The maximum Gasteiger partial charge on any atom is 0.251 e. The number of pyridine rings is 1. The molecule has 0 aliphatic heterocycles. The number of ether oxygens (including phenoxy) is 1. The highest BCUT2D eigenvalue weighted by Gasteiger charge is 2.16. The smallest absolute Gasteiger partial charge is 0.251 e. The molecular weight excluding hydrogens is 330 g/mol. The Morgan fingerprint density at radius 1 is 1.27 bits per heavy atom. The van der Waals surface area contributed by atoms with Crippen LogP contribution in [0.25, 0.3) is 11.1 Å². The first-order valence-corrected chi connectivity index (χ1v) is 8.41. The van der Waals surface area contributed by atoms with Crippen LogP contribution < -0.4 is 10.1 Å². The van der Waals surface area contributed by atoms with Gasteiger partial charge < -0.3 is 10.1 Å². The van der Waals surface area contributed by atoms with Crippen molar-refractivity contribution in [3.8, 4) is 16.9 Å². The number of rotatable bonds is 6. The molecule has 3 rings (SSSR count). The summed E-state index contributed by atoms with van der Waals surface area (Å²) in [7, 11) is 1.61. The fraction of sp³-hybridized carbons (Fsp3) is 0.263. The number of nitrogens with one attached hydrogen (secondary N) is 1. The largest absolute Gasteiger partial charge is 0.494 e. The summed E-state index contributed by atoms with van der Waals surface area (Å²) >= 11 is 0. The van der Waals surface area contributed by atoms with Gasteiger partial charge in [-0.3, -0.25) is 9.78 Å². The van der Waals surface area contributed by atoms with E-state index in [9.17, 15) is 4.79 Å². The third-order valence-electron chi connectivity index (χ3n) is 4.14. The molecule has 0 saturated carbocycles. The molecule has 1 N–H and O–H groups in total. The fourth-order valence-electron chi connectivity index (χ4n) is 2.78. The van der Waals surface area contributed by atoms with Crippen molar-refractivity contribution in [2.24, 2.45) is 0 Å². The van der Waals surface area contributed by atoms with Crippen LogP contribution in [-0.2, 0) is 6.54 Å². The van der Waals surface area contributed by atoms with Gasteiger partial charge in [-0.2, -0.15) is 5.10 Å². The van der Waals surface area contributed by atoms with Gasteiger partial charge in [0.05, 0.1) is 19.3 Å². The molecule has 0 radical (unpaired) electrons. The van der Waals surface area contributed by atoms with Crippen LogP contribution in [-0.4, -0.2) is 32.8 Å². The molecule has 134 valence electrons. The number of benzene rings is 1. The van der Waals surface area contributed by atoms with Crippen LogP contribution >= 0.6 is 0 Å². The average Bonchev–Trinajstić information content (AvgIpc) is 3.17. The molecule has 0 saturated heterocycles. The number of carbonyl (C=O) groups is 1. The Morgan fingerprint density at radius 3 is 2.73 bits per heavy atom. The molecular formula is C19H21N5O2. The molecule has 0 spiro atoms. The van der Waals surface area contributed by atoms with Gasteiger partial charge in [-0.25, -0.2) is 9.67 Å². The van der Waals surface area contributed by atoms with Crippen molar-refractivity contribution < 1.29 is 9.53 Å². The van der Waals surface area contributed by atoms with Crippen LogP contribution in [0, 0.1) is 0 Å². The molecule has 0 fully saturated rings. The summed E-state index contributed by atoms with van der Waals surface area (Å²) < 4.78 is 7.10. The molecule has 0 bridgehead atoms. The van der Waals surface area contributed by atoms with E-state index in [1.165, 1.54) is 6.33 Å². The van der Waals surface area contributed by atoms with E-state index in [1.807, 2.05) is 32.0 Å². The van der Waals surface area contributed by atoms with E-state index in [4.69, 9.17) is 4.74 Å². The normalized spacial score (nSPS) is 11.8. The summed E-state index contributed by atoms with van der Waals surface area (Å²) in [6.07, 6.45) is 4.88. The maximum absolute atomic E-state index is 12.5. The number of aryl methyl sites for hydroxylation is 1. The van der Waals surface area contributed by atoms with Crippen LogP contribution in [0.4, 0.5) is 0 Å². The van der Waals surface area contributed by atoms with Gasteiger partial charge in [0.15, 0.2) is 0 Å². The number of hydrogen-bond donors (Lipinski definition) is 1. The van der Waals surface area contributed by atoms with Crippen molar-refractivity contribution >= 4 is 5.91 Å². The lowest BCUT2D eigenvalue weighted by Gasteiger charge is -2.14. The molecule has 0 aliphatic carbocycles. The van der Waals surface area contributed by atoms with Gasteiger partial charge in [0.1, 0.15) is 17.9 Å².